The van der Waals surface area contributed by atoms with Crippen molar-refractivity contribution in [2.24, 2.45) is 40.2 Å². The molecule has 3 rings (SSSR count). The van der Waals surface area contributed by atoms with Gasteiger partial charge in [0.25, 0.3) is 11.7 Å². The number of amides is 5. The number of ketones is 1. The van der Waals surface area contributed by atoms with Gasteiger partial charge in [-0.05, 0) is 47.3 Å². The maximum atomic E-state index is 14.1. The summed E-state index contributed by atoms with van der Waals surface area (Å²) in [6.45, 7) is 12.8. The Bertz CT molecular complexity index is 1220. The third-order valence-corrected chi connectivity index (χ3v) is 8.40. The summed E-state index contributed by atoms with van der Waals surface area (Å²) >= 11 is 0. The molecule has 0 bridgehead atoms. The number of carbonyl (C=O) groups is 6. The standard InChI is InChI=1S/C30H43N5O7/c1-9-12-42-27(40)20(15(2)3)33-28(41)34-23(29(4,5)6)26(39)35-14-17-19(30(17,7)8)21(35)25(38)32-18(13-16-10-11-16)22(36)24(31)37/h1,13,15-17,19-21,23H,10-12,14H2,2-8H3,(H2,31,37)(H,32,38)(H2,33,34,41)/b18-13+/t17-,19-,20-,21-,23+/m0/s1. The fourth-order valence-corrected chi connectivity index (χ4v) is 5.65. The third-order valence-electron chi connectivity index (χ3n) is 8.40. The number of likely N-dealkylation sites (tertiary alicyclic amines) is 1. The molecule has 5 N–H and O–H groups in total. The quantitative estimate of drug-likeness (QED) is 0.120. The average Bonchev–Trinajstić information content (AvgIpc) is 3.74. The Kier molecular flexibility index (Phi) is 9.44. The summed E-state index contributed by atoms with van der Waals surface area (Å²) < 4.78 is 4.99. The number of allylic oxidation sites excluding steroid dienone is 1. The molecule has 0 unspecified atom stereocenters. The zero-order valence-electron chi connectivity index (χ0n) is 25.4. The van der Waals surface area contributed by atoms with Gasteiger partial charge >= 0.3 is 12.0 Å². The lowest BCUT2D eigenvalue weighted by molar-refractivity contribution is -0.145. The number of nitrogens with zero attached hydrogens (tertiary/aromatic N) is 1. The van der Waals surface area contributed by atoms with Gasteiger partial charge in [-0.3, -0.25) is 19.2 Å². The number of rotatable bonds is 11. The predicted molar refractivity (Wildman–Crippen MR) is 153 cm³/mol. The lowest BCUT2D eigenvalue weighted by Crippen LogP contribution is -2.61. The lowest BCUT2D eigenvalue weighted by atomic mass is 9.85. The van der Waals surface area contributed by atoms with Gasteiger partial charge in [-0.1, -0.05) is 60.5 Å². The van der Waals surface area contributed by atoms with Gasteiger partial charge in [0.2, 0.25) is 11.8 Å². The van der Waals surface area contributed by atoms with E-state index in [-0.39, 0.29) is 47.9 Å². The summed E-state index contributed by atoms with van der Waals surface area (Å²) in [5.74, 6) is -2.14. The van der Waals surface area contributed by atoms with Crippen LogP contribution in [0.25, 0.3) is 0 Å². The maximum Gasteiger partial charge on any atom is 0.329 e. The number of piperidine rings is 1. The molecule has 1 saturated heterocycles. The average molecular weight is 586 g/mol. The number of esters is 1. The first-order valence-corrected chi connectivity index (χ1v) is 14.3. The summed E-state index contributed by atoms with van der Waals surface area (Å²) in [5, 5.41) is 7.87. The number of fused-ring (bicyclic) bond motifs is 1. The van der Waals surface area contributed by atoms with E-state index in [0.29, 0.717) is 0 Å². The fraction of sp³-hybridized carbons (Fsp3) is 0.667. The van der Waals surface area contributed by atoms with Crippen molar-refractivity contribution in [1.82, 2.24) is 20.9 Å². The van der Waals surface area contributed by atoms with Crippen molar-refractivity contribution < 1.29 is 33.5 Å². The largest absolute Gasteiger partial charge is 0.451 e. The van der Waals surface area contributed by atoms with Gasteiger partial charge in [-0.25, -0.2) is 9.59 Å². The Morgan fingerprint density at radius 3 is 2.24 bits per heavy atom. The molecule has 230 valence electrons. The van der Waals surface area contributed by atoms with Crippen LogP contribution in [0.2, 0.25) is 0 Å². The number of terminal acetylenes is 1. The van der Waals surface area contributed by atoms with E-state index in [2.05, 4.69) is 21.9 Å². The SMILES string of the molecule is C#CCOC(=O)[C@@H](NC(=O)N[C@H](C(=O)N1C[C@H]2[C@@H]([C@H]1C(=O)N/C(=C/C1CC1)C(=O)C(N)=O)C2(C)C)C(C)(C)C)C(C)C. The number of nitrogens with one attached hydrogen (secondary N) is 3. The van der Waals surface area contributed by atoms with E-state index in [9.17, 15) is 28.8 Å². The van der Waals surface area contributed by atoms with Crippen molar-refractivity contribution in [3.63, 3.8) is 0 Å². The number of hydrogen-bond donors (Lipinski definition) is 4. The Hall–Kier alpha value is -3.88. The highest BCUT2D eigenvalue weighted by molar-refractivity contribution is 6.42. The number of hydrogen-bond acceptors (Lipinski definition) is 7. The van der Waals surface area contributed by atoms with Crippen LogP contribution in [0.1, 0.15) is 61.3 Å². The van der Waals surface area contributed by atoms with Crippen LogP contribution < -0.4 is 21.7 Å². The second-order valence-corrected chi connectivity index (χ2v) is 13.4. The van der Waals surface area contributed by atoms with Crippen LogP contribution >= 0.6 is 0 Å². The van der Waals surface area contributed by atoms with E-state index in [1.807, 2.05) is 13.8 Å². The van der Waals surface area contributed by atoms with Gasteiger partial charge in [0.15, 0.2) is 6.61 Å². The van der Waals surface area contributed by atoms with Crippen LogP contribution in [-0.4, -0.2) is 71.7 Å². The van der Waals surface area contributed by atoms with E-state index < -0.39 is 59.0 Å². The highest BCUT2D eigenvalue weighted by atomic mass is 16.5. The van der Waals surface area contributed by atoms with Crippen molar-refractivity contribution in [3.05, 3.63) is 11.8 Å². The molecule has 1 aliphatic heterocycles. The Labute approximate surface area is 246 Å². The smallest absolute Gasteiger partial charge is 0.329 e. The molecule has 0 aromatic carbocycles. The molecule has 0 aromatic heterocycles. The summed E-state index contributed by atoms with van der Waals surface area (Å²) in [4.78, 5) is 78.8. The summed E-state index contributed by atoms with van der Waals surface area (Å²) in [6, 6.07) is -3.77. The van der Waals surface area contributed by atoms with Gasteiger partial charge in [0, 0.05) is 6.54 Å². The molecule has 0 spiro atoms. The van der Waals surface area contributed by atoms with E-state index in [1.165, 1.54) is 4.90 Å². The van der Waals surface area contributed by atoms with Gasteiger partial charge in [-0.15, -0.1) is 6.42 Å². The molecule has 3 fully saturated rings. The van der Waals surface area contributed by atoms with E-state index >= 15 is 0 Å². The van der Waals surface area contributed by atoms with Crippen LogP contribution in [0.4, 0.5) is 4.79 Å². The predicted octanol–water partition coefficient (Wildman–Crippen LogP) is 0.849. The molecule has 2 saturated carbocycles. The Morgan fingerprint density at radius 1 is 1.12 bits per heavy atom. The van der Waals surface area contributed by atoms with Gasteiger partial charge in [-0.2, -0.15) is 0 Å². The molecule has 12 heteroatoms. The number of Topliss-reactive ketones (excluding diaryl/α,β-unsaturated/α-hetero) is 1. The normalized spacial score (nSPS) is 24.0. The second-order valence-electron chi connectivity index (χ2n) is 13.4. The summed E-state index contributed by atoms with van der Waals surface area (Å²) in [7, 11) is 0. The minimum Gasteiger partial charge on any atom is -0.451 e. The van der Waals surface area contributed by atoms with E-state index in [4.69, 9.17) is 16.9 Å². The lowest BCUT2D eigenvalue weighted by Gasteiger charge is -2.37. The fourth-order valence-electron chi connectivity index (χ4n) is 5.65. The number of primary amides is 1. The third kappa shape index (κ3) is 7.12. The van der Waals surface area contributed by atoms with Crippen LogP contribution in [0.15, 0.2) is 11.8 Å². The molecular formula is C30H43N5O7. The van der Waals surface area contributed by atoms with E-state index in [0.717, 1.165) is 12.8 Å². The minimum absolute atomic E-state index is 0.0330. The second kappa shape index (κ2) is 12.2. The van der Waals surface area contributed by atoms with Crippen molar-refractivity contribution in [2.45, 2.75) is 79.4 Å². The summed E-state index contributed by atoms with van der Waals surface area (Å²) in [6.07, 6.45) is 8.37. The van der Waals surface area contributed by atoms with E-state index in [1.54, 1.807) is 40.7 Å². The molecule has 5 amide bonds. The molecule has 3 aliphatic rings. The van der Waals surface area contributed by atoms with Gasteiger partial charge < -0.3 is 31.3 Å². The summed E-state index contributed by atoms with van der Waals surface area (Å²) in [5.41, 5.74) is 4.03. The highest BCUT2D eigenvalue weighted by Gasteiger charge is 2.69. The molecule has 5 atom stereocenters. The number of urea groups is 1. The molecule has 42 heavy (non-hydrogen) atoms. The van der Waals surface area contributed by atoms with Crippen LogP contribution in [0.3, 0.4) is 0 Å². The van der Waals surface area contributed by atoms with Crippen LogP contribution in [0, 0.1) is 46.8 Å². The maximum absolute atomic E-state index is 14.1. The Morgan fingerprint density at radius 2 is 1.74 bits per heavy atom. The highest BCUT2D eigenvalue weighted by Crippen LogP contribution is 2.65. The number of nitrogens with two attached hydrogens (primary N) is 1. The zero-order valence-corrected chi connectivity index (χ0v) is 25.4. The molecule has 2 aliphatic carbocycles. The van der Waals surface area contributed by atoms with Crippen molar-refractivity contribution in [3.8, 4) is 12.3 Å². The van der Waals surface area contributed by atoms with Crippen molar-refractivity contribution in [1.29, 1.82) is 0 Å². The molecule has 12 nitrogen and oxygen atoms in total. The zero-order chi connectivity index (χ0) is 31.7. The number of ether oxygens (including phenoxy) is 1. The van der Waals surface area contributed by atoms with Crippen LogP contribution in [-0.2, 0) is 28.7 Å². The van der Waals surface area contributed by atoms with Crippen LogP contribution in [0.5, 0.6) is 0 Å². The number of carbonyl (C=O) groups excluding carboxylic acids is 6. The first-order valence-electron chi connectivity index (χ1n) is 14.3. The van der Waals surface area contributed by atoms with Crippen molar-refractivity contribution in [2.75, 3.05) is 13.2 Å². The Balaban J connectivity index is 1.83. The topological polar surface area (TPSA) is 177 Å². The van der Waals surface area contributed by atoms with Crippen molar-refractivity contribution >= 4 is 35.5 Å². The first kappa shape index (κ1) is 32.6. The molecular weight excluding hydrogens is 542 g/mol. The molecule has 1 heterocycles. The van der Waals surface area contributed by atoms with Gasteiger partial charge in [0.05, 0.1) is 5.70 Å². The monoisotopic (exact) mass is 585 g/mol. The van der Waals surface area contributed by atoms with Gasteiger partial charge in [0.1, 0.15) is 18.1 Å². The first-order chi connectivity index (χ1) is 19.4. The minimum atomic E-state index is -1.18. The molecule has 0 radical (unpaired) electrons. The molecule has 0 aromatic rings.